The topological polar surface area (TPSA) is 43.4 Å². The van der Waals surface area contributed by atoms with Gasteiger partial charge in [-0.1, -0.05) is 48.0 Å². The molecule has 1 saturated carbocycles. The Morgan fingerprint density at radius 3 is 2.10 bits per heavy atom. The number of rotatable bonds is 4. The van der Waals surface area contributed by atoms with Crippen LogP contribution in [0, 0.1) is 6.92 Å². The predicted molar refractivity (Wildman–Crippen MR) is 76.8 cm³/mol. The molecule has 2 aromatic carbocycles. The van der Waals surface area contributed by atoms with Crippen LogP contribution >= 0.6 is 0 Å². The van der Waals surface area contributed by atoms with E-state index in [4.69, 9.17) is 4.18 Å². The van der Waals surface area contributed by atoms with Crippen LogP contribution in [-0.2, 0) is 19.9 Å². The van der Waals surface area contributed by atoms with Crippen molar-refractivity contribution in [1.82, 2.24) is 0 Å². The minimum absolute atomic E-state index is 0.213. The van der Waals surface area contributed by atoms with Gasteiger partial charge in [-0.15, -0.1) is 0 Å². The molecule has 2 aromatic rings. The molecule has 0 aromatic heterocycles. The molecule has 0 heterocycles. The zero-order chi connectivity index (χ0) is 14.2. The maximum Gasteiger partial charge on any atom is 0.297 e. The first-order valence-corrected chi connectivity index (χ1v) is 8.01. The molecule has 3 rings (SSSR count). The van der Waals surface area contributed by atoms with E-state index in [1.54, 1.807) is 24.3 Å². The number of hydrogen-bond donors (Lipinski definition) is 0. The molecule has 0 aliphatic heterocycles. The van der Waals surface area contributed by atoms with Crippen molar-refractivity contribution in [2.24, 2.45) is 0 Å². The minimum Gasteiger partial charge on any atom is -0.255 e. The quantitative estimate of drug-likeness (QED) is 0.810. The molecule has 3 nitrogen and oxygen atoms in total. The van der Waals surface area contributed by atoms with Gasteiger partial charge < -0.3 is 0 Å². The second-order valence-corrected chi connectivity index (χ2v) is 6.76. The first-order chi connectivity index (χ1) is 9.52. The zero-order valence-corrected chi connectivity index (χ0v) is 12.1. The molecule has 0 atom stereocenters. The smallest absolute Gasteiger partial charge is 0.255 e. The van der Waals surface area contributed by atoms with Gasteiger partial charge in [-0.2, -0.15) is 8.42 Å². The standard InChI is InChI=1S/C16H16O3S/c1-13-7-9-15(10-8-13)20(17,18)19-16(11-12-16)14-5-3-2-4-6-14/h2-10H,11-12H2,1H3. The first kappa shape index (κ1) is 13.3. The summed E-state index contributed by atoms with van der Waals surface area (Å²) < 4.78 is 30.2. The highest BCUT2D eigenvalue weighted by Crippen LogP contribution is 2.50. The Morgan fingerprint density at radius 1 is 0.950 bits per heavy atom. The van der Waals surface area contributed by atoms with Crippen LogP contribution in [0.25, 0.3) is 0 Å². The number of hydrogen-bond acceptors (Lipinski definition) is 3. The van der Waals surface area contributed by atoms with Gasteiger partial charge in [0.1, 0.15) is 5.60 Å². The molecular formula is C16H16O3S. The Kier molecular flexibility index (Phi) is 3.15. The lowest BCUT2D eigenvalue weighted by molar-refractivity contribution is 0.189. The van der Waals surface area contributed by atoms with E-state index in [0.29, 0.717) is 0 Å². The van der Waals surface area contributed by atoms with Crippen LogP contribution < -0.4 is 0 Å². The van der Waals surface area contributed by atoms with E-state index in [1.807, 2.05) is 37.3 Å². The molecule has 1 aliphatic carbocycles. The lowest BCUT2D eigenvalue weighted by atomic mass is 10.1. The molecule has 104 valence electrons. The highest BCUT2D eigenvalue weighted by Gasteiger charge is 2.49. The van der Waals surface area contributed by atoms with E-state index in [0.717, 1.165) is 24.0 Å². The van der Waals surface area contributed by atoms with E-state index in [2.05, 4.69) is 0 Å². The number of aryl methyl sites for hydroxylation is 1. The lowest BCUT2D eigenvalue weighted by Gasteiger charge is -2.16. The van der Waals surface area contributed by atoms with Crippen molar-refractivity contribution in [3.8, 4) is 0 Å². The highest BCUT2D eigenvalue weighted by molar-refractivity contribution is 7.86. The van der Waals surface area contributed by atoms with Gasteiger partial charge >= 0.3 is 0 Å². The van der Waals surface area contributed by atoms with E-state index >= 15 is 0 Å². The second-order valence-electron chi connectivity index (χ2n) is 5.21. The third-order valence-electron chi connectivity index (χ3n) is 3.58. The molecule has 1 aliphatic rings. The maximum absolute atomic E-state index is 12.4. The van der Waals surface area contributed by atoms with E-state index in [-0.39, 0.29) is 4.90 Å². The highest BCUT2D eigenvalue weighted by atomic mass is 32.2. The molecule has 0 bridgehead atoms. The van der Waals surface area contributed by atoms with Crippen molar-refractivity contribution in [3.63, 3.8) is 0 Å². The maximum atomic E-state index is 12.4. The van der Waals surface area contributed by atoms with Crippen LogP contribution in [0.15, 0.2) is 59.5 Å². The molecule has 0 radical (unpaired) electrons. The molecule has 1 fully saturated rings. The molecule has 20 heavy (non-hydrogen) atoms. The van der Waals surface area contributed by atoms with Gasteiger partial charge in [-0.25, -0.2) is 0 Å². The summed E-state index contributed by atoms with van der Waals surface area (Å²) in [6.45, 7) is 1.92. The Morgan fingerprint density at radius 2 is 1.55 bits per heavy atom. The van der Waals surface area contributed by atoms with Crippen molar-refractivity contribution in [3.05, 3.63) is 65.7 Å². The van der Waals surface area contributed by atoms with Gasteiger partial charge in [0, 0.05) is 0 Å². The number of benzene rings is 2. The van der Waals surface area contributed by atoms with Gasteiger partial charge in [-0.05, 0) is 37.5 Å². The summed E-state index contributed by atoms with van der Waals surface area (Å²) in [7, 11) is -3.72. The predicted octanol–water partition coefficient (Wildman–Crippen LogP) is 3.39. The molecule has 0 spiro atoms. The fourth-order valence-electron chi connectivity index (χ4n) is 2.24. The Balaban J connectivity index is 1.89. The van der Waals surface area contributed by atoms with Crippen LogP contribution in [0.3, 0.4) is 0 Å². The second kappa shape index (κ2) is 4.72. The van der Waals surface area contributed by atoms with Crippen molar-refractivity contribution < 1.29 is 12.6 Å². The van der Waals surface area contributed by atoms with Gasteiger partial charge in [0.15, 0.2) is 0 Å². The van der Waals surface area contributed by atoms with Crippen LogP contribution in [0.2, 0.25) is 0 Å². The van der Waals surface area contributed by atoms with E-state index in [9.17, 15) is 8.42 Å². The Bertz CT molecular complexity index is 699. The molecule has 0 amide bonds. The Hall–Kier alpha value is -1.65. The molecular weight excluding hydrogens is 272 g/mol. The largest absolute Gasteiger partial charge is 0.297 e. The molecule has 0 N–H and O–H groups in total. The van der Waals surface area contributed by atoms with Crippen molar-refractivity contribution in [2.45, 2.75) is 30.3 Å². The average molecular weight is 288 g/mol. The SMILES string of the molecule is Cc1ccc(S(=O)(=O)OC2(c3ccccc3)CC2)cc1. The molecule has 0 saturated heterocycles. The van der Waals surface area contributed by atoms with Crippen molar-refractivity contribution in [1.29, 1.82) is 0 Å². The van der Waals surface area contributed by atoms with E-state index in [1.165, 1.54) is 0 Å². The fourth-order valence-corrected chi connectivity index (χ4v) is 3.49. The lowest BCUT2D eigenvalue weighted by Crippen LogP contribution is -2.18. The summed E-state index contributed by atoms with van der Waals surface area (Å²) in [5.74, 6) is 0. The van der Waals surface area contributed by atoms with Crippen LogP contribution in [-0.4, -0.2) is 8.42 Å². The van der Waals surface area contributed by atoms with E-state index < -0.39 is 15.7 Å². The Labute approximate surface area is 119 Å². The monoisotopic (exact) mass is 288 g/mol. The normalized spacial score (nSPS) is 16.9. The van der Waals surface area contributed by atoms with Gasteiger partial charge in [0.2, 0.25) is 0 Å². The third kappa shape index (κ3) is 2.49. The summed E-state index contributed by atoms with van der Waals surface area (Å²) in [4.78, 5) is 0.213. The van der Waals surface area contributed by atoms with Crippen LogP contribution in [0.4, 0.5) is 0 Å². The van der Waals surface area contributed by atoms with Gasteiger partial charge in [0.05, 0.1) is 4.90 Å². The first-order valence-electron chi connectivity index (χ1n) is 6.60. The van der Waals surface area contributed by atoms with Gasteiger partial charge in [-0.3, -0.25) is 4.18 Å². The van der Waals surface area contributed by atoms with Gasteiger partial charge in [0.25, 0.3) is 10.1 Å². The van der Waals surface area contributed by atoms with Crippen molar-refractivity contribution in [2.75, 3.05) is 0 Å². The molecule has 0 unspecified atom stereocenters. The summed E-state index contributed by atoms with van der Waals surface area (Å²) in [5.41, 5.74) is 1.29. The zero-order valence-electron chi connectivity index (χ0n) is 11.2. The van der Waals surface area contributed by atoms with Crippen LogP contribution in [0.1, 0.15) is 24.0 Å². The van der Waals surface area contributed by atoms with Crippen LogP contribution in [0.5, 0.6) is 0 Å². The summed E-state index contributed by atoms with van der Waals surface area (Å²) in [6.07, 6.45) is 1.48. The third-order valence-corrected chi connectivity index (χ3v) is 4.97. The summed E-state index contributed by atoms with van der Waals surface area (Å²) in [6, 6.07) is 16.3. The summed E-state index contributed by atoms with van der Waals surface area (Å²) >= 11 is 0. The molecule has 4 heteroatoms. The summed E-state index contributed by atoms with van der Waals surface area (Å²) in [5, 5.41) is 0. The van der Waals surface area contributed by atoms with Crippen molar-refractivity contribution >= 4 is 10.1 Å². The fraction of sp³-hybridized carbons (Fsp3) is 0.250. The average Bonchev–Trinajstić information content (AvgIpc) is 3.20. The minimum atomic E-state index is -3.72.